The van der Waals surface area contributed by atoms with Gasteiger partial charge >= 0.3 is 0 Å². The third-order valence-corrected chi connectivity index (χ3v) is 4.69. The van der Waals surface area contributed by atoms with Crippen LogP contribution in [0.25, 0.3) is 10.2 Å². The maximum absolute atomic E-state index is 13.1. The van der Waals surface area contributed by atoms with Crippen molar-refractivity contribution in [2.24, 2.45) is 0 Å². The zero-order valence-electron chi connectivity index (χ0n) is 11.5. The number of hydrogen-bond acceptors (Lipinski definition) is 4. The molecule has 3 rings (SSSR count). The first-order valence-electron chi connectivity index (χ1n) is 7.16. The molecule has 2 heterocycles. The van der Waals surface area contributed by atoms with Crippen LogP contribution in [0.1, 0.15) is 17.8 Å². The summed E-state index contributed by atoms with van der Waals surface area (Å²) >= 11 is 1.61. The number of morpholine rings is 1. The van der Waals surface area contributed by atoms with Gasteiger partial charge in [0.05, 0.1) is 28.4 Å². The molecular formula is C15H19FN2OS. The third kappa shape index (κ3) is 3.53. The van der Waals surface area contributed by atoms with Crippen molar-refractivity contribution in [3.8, 4) is 0 Å². The molecule has 0 unspecified atom stereocenters. The van der Waals surface area contributed by atoms with Gasteiger partial charge in [-0.05, 0) is 44.0 Å². The summed E-state index contributed by atoms with van der Waals surface area (Å²) in [7, 11) is 0. The van der Waals surface area contributed by atoms with E-state index in [0.717, 1.165) is 60.9 Å². The van der Waals surface area contributed by atoms with Gasteiger partial charge in [-0.3, -0.25) is 4.90 Å². The number of aromatic nitrogens is 1. The Morgan fingerprint density at radius 2 is 2.10 bits per heavy atom. The average molecular weight is 294 g/mol. The SMILES string of the molecule is Fc1ccc2nc(CCCCN3CCOCC3)sc2c1. The Hall–Kier alpha value is -1.04. The second-order valence-corrected chi connectivity index (χ2v) is 6.25. The van der Waals surface area contributed by atoms with E-state index in [4.69, 9.17) is 4.74 Å². The number of hydrogen-bond donors (Lipinski definition) is 0. The highest BCUT2D eigenvalue weighted by Gasteiger charge is 2.10. The van der Waals surface area contributed by atoms with Gasteiger partial charge in [0.2, 0.25) is 0 Å². The Labute approximate surface area is 122 Å². The molecule has 1 saturated heterocycles. The summed E-state index contributed by atoms with van der Waals surface area (Å²) in [6.45, 7) is 4.98. The fourth-order valence-corrected chi connectivity index (χ4v) is 3.52. The first-order valence-corrected chi connectivity index (χ1v) is 7.98. The first kappa shape index (κ1) is 13.9. The van der Waals surface area contributed by atoms with E-state index in [0.29, 0.717) is 0 Å². The van der Waals surface area contributed by atoms with E-state index >= 15 is 0 Å². The van der Waals surface area contributed by atoms with Crippen molar-refractivity contribution >= 4 is 21.6 Å². The first-order chi connectivity index (χ1) is 9.81. The lowest BCUT2D eigenvalue weighted by Gasteiger charge is -2.26. The van der Waals surface area contributed by atoms with Gasteiger partial charge in [-0.1, -0.05) is 0 Å². The molecular weight excluding hydrogens is 275 g/mol. The van der Waals surface area contributed by atoms with E-state index in [1.54, 1.807) is 23.5 Å². The van der Waals surface area contributed by atoms with Gasteiger partial charge in [0.15, 0.2) is 0 Å². The van der Waals surface area contributed by atoms with Crippen molar-refractivity contribution < 1.29 is 9.13 Å². The quantitative estimate of drug-likeness (QED) is 0.792. The standard InChI is InChI=1S/C15H19FN2OS/c16-12-4-5-13-14(11-12)20-15(17-13)3-1-2-6-18-7-9-19-10-8-18/h4-5,11H,1-3,6-10H2. The van der Waals surface area contributed by atoms with Crippen molar-refractivity contribution in [2.45, 2.75) is 19.3 Å². The highest BCUT2D eigenvalue weighted by atomic mass is 32.1. The number of thiazole rings is 1. The molecule has 1 aliphatic rings. The van der Waals surface area contributed by atoms with E-state index < -0.39 is 0 Å². The van der Waals surface area contributed by atoms with Crippen molar-refractivity contribution in [1.82, 2.24) is 9.88 Å². The van der Waals surface area contributed by atoms with E-state index in [2.05, 4.69) is 9.88 Å². The minimum Gasteiger partial charge on any atom is -0.379 e. The van der Waals surface area contributed by atoms with E-state index in [1.165, 1.54) is 12.5 Å². The molecule has 0 N–H and O–H groups in total. The predicted molar refractivity (Wildman–Crippen MR) is 79.8 cm³/mol. The molecule has 5 heteroatoms. The van der Waals surface area contributed by atoms with Crippen LogP contribution in [0.5, 0.6) is 0 Å². The number of unbranched alkanes of at least 4 members (excludes halogenated alkanes) is 1. The highest BCUT2D eigenvalue weighted by molar-refractivity contribution is 7.18. The summed E-state index contributed by atoms with van der Waals surface area (Å²) < 4.78 is 19.4. The zero-order chi connectivity index (χ0) is 13.8. The zero-order valence-corrected chi connectivity index (χ0v) is 12.3. The minimum absolute atomic E-state index is 0.181. The van der Waals surface area contributed by atoms with Crippen molar-refractivity contribution in [1.29, 1.82) is 0 Å². The molecule has 0 aliphatic carbocycles. The maximum atomic E-state index is 13.1. The smallest absolute Gasteiger partial charge is 0.124 e. The third-order valence-electron chi connectivity index (χ3n) is 3.61. The van der Waals surface area contributed by atoms with Crippen LogP contribution in [0.2, 0.25) is 0 Å². The summed E-state index contributed by atoms with van der Waals surface area (Å²) in [6, 6.07) is 4.81. The molecule has 108 valence electrons. The molecule has 1 aromatic carbocycles. The molecule has 0 amide bonds. The van der Waals surface area contributed by atoms with Crippen molar-refractivity contribution in [3.05, 3.63) is 29.0 Å². The van der Waals surface area contributed by atoms with Gasteiger partial charge in [-0.15, -0.1) is 11.3 Å². The number of ether oxygens (including phenoxy) is 1. The lowest BCUT2D eigenvalue weighted by molar-refractivity contribution is 0.0372. The average Bonchev–Trinajstić information content (AvgIpc) is 2.86. The predicted octanol–water partition coefficient (Wildman–Crippen LogP) is 3.09. The molecule has 0 saturated carbocycles. The molecule has 1 aliphatic heterocycles. The van der Waals surface area contributed by atoms with Crippen LogP contribution >= 0.6 is 11.3 Å². The second kappa shape index (κ2) is 6.61. The van der Waals surface area contributed by atoms with Gasteiger partial charge < -0.3 is 4.74 Å². The Bertz CT molecular complexity index is 566. The van der Waals surface area contributed by atoms with Crippen LogP contribution in [0.4, 0.5) is 4.39 Å². The molecule has 1 fully saturated rings. The Morgan fingerprint density at radius 3 is 2.95 bits per heavy atom. The number of rotatable bonds is 5. The fraction of sp³-hybridized carbons (Fsp3) is 0.533. The molecule has 0 bridgehead atoms. The summed E-state index contributed by atoms with van der Waals surface area (Å²) in [5, 5.41) is 1.12. The number of benzene rings is 1. The topological polar surface area (TPSA) is 25.4 Å². The van der Waals surface area contributed by atoms with E-state index in [9.17, 15) is 4.39 Å². The van der Waals surface area contributed by atoms with Crippen LogP contribution < -0.4 is 0 Å². The number of halogens is 1. The van der Waals surface area contributed by atoms with Gasteiger partial charge in [0.25, 0.3) is 0 Å². The van der Waals surface area contributed by atoms with Gasteiger partial charge in [-0.2, -0.15) is 0 Å². The Balaban J connectivity index is 1.47. The van der Waals surface area contributed by atoms with Crippen LogP contribution in [-0.2, 0) is 11.2 Å². The minimum atomic E-state index is -0.181. The molecule has 20 heavy (non-hydrogen) atoms. The fourth-order valence-electron chi connectivity index (χ4n) is 2.49. The molecule has 0 atom stereocenters. The molecule has 3 nitrogen and oxygen atoms in total. The Kier molecular flexibility index (Phi) is 4.60. The van der Waals surface area contributed by atoms with Gasteiger partial charge in [-0.25, -0.2) is 9.37 Å². The number of aryl methyl sites for hydroxylation is 1. The molecule has 1 aromatic heterocycles. The normalized spacial score (nSPS) is 16.9. The van der Waals surface area contributed by atoms with E-state index in [-0.39, 0.29) is 5.82 Å². The Morgan fingerprint density at radius 1 is 1.25 bits per heavy atom. The van der Waals surface area contributed by atoms with Crippen LogP contribution in [0.15, 0.2) is 18.2 Å². The van der Waals surface area contributed by atoms with Gasteiger partial charge in [0, 0.05) is 13.1 Å². The monoisotopic (exact) mass is 294 g/mol. The number of fused-ring (bicyclic) bond motifs is 1. The van der Waals surface area contributed by atoms with Crippen molar-refractivity contribution in [2.75, 3.05) is 32.8 Å². The van der Waals surface area contributed by atoms with Gasteiger partial charge in [0.1, 0.15) is 5.82 Å². The summed E-state index contributed by atoms with van der Waals surface area (Å²) in [5.41, 5.74) is 0.916. The lowest BCUT2D eigenvalue weighted by Crippen LogP contribution is -2.36. The summed E-state index contributed by atoms with van der Waals surface area (Å²) in [5.74, 6) is -0.181. The molecule has 2 aromatic rings. The highest BCUT2D eigenvalue weighted by Crippen LogP contribution is 2.24. The maximum Gasteiger partial charge on any atom is 0.124 e. The summed E-state index contributed by atoms with van der Waals surface area (Å²) in [4.78, 5) is 7.01. The lowest BCUT2D eigenvalue weighted by atomic mass is 10.2. The van der Waals surface area contributed by atoms with Crippen LogP contribution in [-0.4, -0.2) is 42.7 Å². The second-order valence-electron chi connectivity index (χ2n) is 5.13. The molecule has 0 spiro atoms. The summed E-state index contributed by atoms with van der Waals surface area (Å²) in [6.07, 6.45) is 3.31. The van der Waals surface area contributed by atoms with Crippen LogP contribution in [0, 0.1) is 5.82 Å². The number of nitrogens with zero attached hydrogens (tertiary/aromatic N) is 2. The van der Waals surface area contributed by atoms with Crippen molar-refractivity contribution in [3.63, 3.8) is 0 Å². The van der Waals surface area contributed by atoms with E-state index in [1.807, 2.05) is 0 Å². The van der Waals surface area contributed by atoms with Crippen LogP contribution in [0.3, 0.4) is 0 Å². The largest absolute Gasteiger partial charge is 0.379 e. The molecule has 0 radical (unpaired) electrons.